The molecule has 1 aromatic heterocycles. The average molecular weight is 339 g/mol. The van der Waals surface area contributed by atoms with Crippen molar-refractivity contribution in [1.82, 2.24) is 4.57 Å². The molecule has 0 saturated heterocycles. The molecule has 0 saturated carbocycles. The van der Waals surface area contributed by atoms with Crippen molar-refractivity contribution < 1.29 is 4.79 Å². The minimum atomic E-state index is 0.000245. The molecule has 0 aliphatic rings. The van der Waals surface area contributed by atoms with E-state index in [1.54, 1.807) is 36.4 Å². The fourth-order valence-electron chi connectivity index (χ4n) is 2.24. The molecule has 0 aliphatic heterocycles. The lowest BCUT2D eigenvalue weighted by Gasteiger charge is -2.06. The van der Waals surface area contributed by atoms with E-state index in [2.05, 4.69) is 0 Å². The highest BCUT2D eigenvalue weighted by molar-refractivity contribution is 6.38. The second-order valence-electron chi connectivity index (χ2n) is 4.69. The number of hydrogen-bond acceptors (Lipinski definition) is 1. The van der Waals surface area contributed by atoms with E-state index in [9.17, 15) is 4.79 Å². The SMILES string of the molecule is O=C(Cn1ccc2c(Cl)cc(Cl)cc21)c1ccc(Cl)cc1. The summed E-state index contributed by atoms with van der Waals surface area (Å²) in [4.78, 5) is 12.3. The van der Waals surface area contributed by atoms with Crippen LogP contribution in [0.3, 0.4) is 0 Å². The molecule has 0 spiro atoms. The lowest BCUT2D eigenvalue weighted by molar-refractivity contribution is 0.0973. The van der Waals surface area contributed by atoms with Gasteiger partial charge in [0.15, 0.2) is 5.78 Å². The predicted molar refractivity (Wildman–Crippen MR) is 87.7 cm³/mol. The van der Waals surface area contributed by atoms with Crippen LogP contribution in [0.4, 0.5) is 0 Å². The van der Waals surface area contributed by atoms with Crippen molar-refractivity contribution in [3.05, 3.63) is 69.3 Å². The number of halogens is 3. The van der Waals surface area contributed by atoms with Gasteiger partial charge in [0.2, 0.25) is 0 Å². The van der Waals surface area contributed by atoms with Gasteiger partial charge in [-0.3, -0.25) is 4.79 Å². The smallest absolute Gasteiger partial charge is 0.182 e. The van der Waals surface area contributed by atoms with Crippen molar-refractivity contribution >= 4 is 51.5 Å². The number of Topliss-reactive ketones (excluding diaryl/α,β-unsaturated/α-hetero) is 1. The summed E-state index contributed by atoms with van der Waals surface area (Å²) in [5, 5.41) is 2.61. The third-order valence-electron chi connectivity index (χ3n) is 3.28. The van der Waals surface area contributed by atoms with Gasteiger partial charge < -0.3 is 4.57 Å². The molecular formula is C16H10Cl3NO. The molecule has 0 unspecified atom stereocenters. The second-order valence-corrected chi connectivity index (χ2v) is 5.97. The van der Waals surface area contributed by atoms with E-state index in [-0.39, 0.29) is 12.3 Å². The van der Waals surface area contributed by atoms with Gasteiger partial charge >= 0.3 is 0 Å². The van der Waals surface area contributed by atoms with Crippen molar-refractivity contribution in [2.24, 2.45) is 0 Å². The van der Waals surface area contributed by atoms with E-state index in [4.69, 9.17) is 34.8 Å². The van der Waals surface area contributed by atoms with Gasteiger partial charge in [-0.1, -0.05) is 34.8 Å². The van der Waals surface area contributed by atoms with Crippen molar-refractivity contribution in [2.75, 3.05) is 0 Å². The number of rotatable bonds is 3. The highest BCUT2D eigenvalue weighted by Crippen LogP contribution is 2.28. The number of nitrogens with zero attached hydrogens (tertiary/aromatic N) is 1. The molecule has 0 amide bonds. The zero-order chi connectivity index (χ0) is 15.0. The van der Waals surface area contributed by atoms with E-state index in [0.29, 0.717) is 20.6 Å². The van der Waals surface area contributed by atoms with E-state index in [1.807, 2.05) is 16.8 Å². The number of hydrogen-bond donors (Lipinski definition) is 0. The molecule has 21 heavy (non-hydrogen) atoms. The zero-order valence-corrected chi connectivity index (χ0v) is 13.1. The maximum absolute atomic E-state index is 12.3. The minimum absolute atomic E-state index is 0.000245. The van der Waals surface area contributed by atoms with E-state index < -0.39 is 0 Å². The molecule has 0 bridgehead atoms. The van der Waals surface area contributed by atoms with Gasteiger partial charge in [-0.25, -0.2) is 0 Å². The van der Waals surface area contributed by atoms with Crippen molar-refractivity contribution in [2.45, 2.75) is 6.54 Å². The van der Waals surface area contributed by atoms with Crippen LogP contribution in [0.1, 0.15) is 10.4 Å². The topological polar surface area (TPSA) is 22.0 Å². The van der Waals surface area contributed by atoms with E-state index >= 15 is 0 Å². The standard InChI is InChI=1S/C16H10Cl3NO/c17-11-3-1-10(2-4-11)16(21)9-20-6-5-13-14(19)7-12(18)8-15(13)20/h1-8H,9H2. The largest absolute Gasteiger partial charge is 0.340 e. The third kappa shape index (κ3) is 2.93. The van der Waals surface area contributed by atoms with Crippen LogP contribution in [0.5, 0.6) is 0 Å². The molecule has 0 atom stereocenters. The molecule has 0 aliphatic carbocycles. The lowest BCUT2D eigenvalue weighted by Crippen LogP contribution is -2.09. The van der Waals surface area contributed by atoms with Crippen LogP contribution in [0.25, 0.3) is 10.9 Å². The maximum Gasteiger partial charge on any atom is 0.182 e. The molecule has 106 valence electrons. The van der Waals surface area contributed by atoms with E-state index in [0.717, 1.165) is 10.9 Å². The molecule has 0 fully saturated rings. The summed E-state index contributed by atoms with van der Waals surface area (Å²) in [6.45, 7) is 0.224. The first kappa shape index (κ1) is 14.5. The first-order valence-electron chi connectivity index (χ1n) is 6.27. The molecular weight excluding hydrogens is 329 g/mol. The summed E-state index contributed by atoms with van der Waals surface area (Å²) in [6.07, 6.45) is 1.83. The fourth-order valence-corrected chi connectivity index (χ4v) is 2.91. The van der Waals surface area contributed by atoms with Gasteiger partial charge in [-0.15, -0.1) is 0 Å². The Hall–Kier alpha value is -1.48. The summed E-state index contributed by atoms with van der Waals surface area (Å²) in [6, 6.07) is 12.2. The van der Waals surface area contributed by atoms with Crippen LogP contribution in [0, 0.1) is 0 Å². The number of fused-ring (bicyclic) bond motifs is 1. The van der Waals surface area contributed by atoms with Crippen LogP contribution >= 0.6 is 34.8 Å². The minimum Gasteiger partial charge on any atom is -0.340 e. The number of ketones is 1. The summed E-state index contributed by atoms with van der Waals surface area (Å²) < 4.78 is 1.84. The average Bonchev–Trinajstić information content (AvgIpc) is 2.83. The summed E-state index contributed by atoms with van der Waals surface area (Å²) >= 11 is 18.0. The Morgan fingerprint density at radius 2 is 1.67 bits per heavy atom. The van der Waals surface area contributed by atoms with Crippen LogP contribution in [0.2, 0.25) is 15.1 Å². The Morgan fingerprint density at radius 3 is 2.38 bits per heavy atom. The Labute approximate surface area is 136 Å². The van der Waals surface area contributed by atoms with Gasteiger partial charge in [0.05, 0.1) is 17.1 Å². The number of carbonyl (C=O) groups is 1. The molecule has 0 radical (unpaired) electrons. The van der Waals surface area contributed by atoms with Crippen molar-refractivity contribution in [1.29, 1.82) is 0 Å². The lowest BCUT2D eigenvalue weighted by atomic mass is 10.1. The van der Waals surface area contributed by atoms with Gasteiger partial charge in [0.25, 0.3) is 0 Å². The summed E-state index contributed by atoms with van der Waals surface area (Å²) in [5.74, 6) is 0.000245. The molecule has 5 heteroatoms. The molecule has 3 aromatic rings. The molecule has 2 aromatic carbocycles. The Bertz CT molecular complexity index is 821. The zero-order valence-electron chi connectivity index (χ0n) is 10.8. The third-order valence-corrected chi connectivity index (χ3v) is 4.07. The summed E-state index contributed by atoms with van der Waals surface area (Å²) in [7, 11) is 0. The number of benzene rings is 2. The first-order chi connectivity index (χ1) is 10.0. The quantitative estimate of drug-likeness (QED) is 0.579. The molecule has 3 rings (SSSR count). The Morgan fingerprint density at radius 1 is 0.952 bits per heavy atom. The van der Waals surface area contributed by atoms with Crippen LogP contribution in [-0.2, 0) is 6.54 Å². The molecule has 0 N–H and O–H groups in total. The Balaban J connectivity index is 1.95. The summed E-state index contributed by atoms with van der Waals surface area (Å²) in [5.41, 5.74) is 1.46. The monoisotopic (exact) mass is 337 g/mol. The van der Waals surface area contributed by atoms with Gasteiger partial charge in [0.1, 0.15) is 0 Å². The first-order valence-corrected chi connectivity index (χ1v) is 7.40. The van der Waals surface area contributed by atoms with E-state index in [1.165, 1.54) is 0 Å². The van der Waals surface area contributed by atoms with Crippen molar-refractivity contribution in [3.8, 4) is 0 Å². The van der Waals surface area contributed by atoms with Gasteiger partial charge in [-0.05, 0) is 42.5 Å². The second kappa shape index (κ2) is 5.72. The highest BCUT2D eigenvalue weighted by atomic mass is 35.5. The Kier molecular flexibility index (Phi) is 3.94. The molecule has 2 nitrogen and oxygen atoms in total. The normalized spacial score (nSPS) is 11.0. The van der Waals surface area contributed by atoms with Crippen LogP contribution in [-0.4, -0.2) is 10.4 Å². The van der Waals surface area contributed by atoms with Crippen LogP contribution in [0.15, 0.2) is 48.7 Å². The number of carbonyl (C=O) groups excluding carboxylic acids is 1. The molecule has 1 heterocycles. The van der Waals surface area contributed by atoms with Gasteiger partial charge in [-0.2, -0.15) is 0 Å². The number of aromatic nitrogens is 1. The maximum atomic E-state index is 12.3. The van der Waals surface area contributed by atoms with Crippen LogP contribution < -0.4 is 0 Å². The van der Waals surface area contributed by atoms with Crippen molar-refractivity contribution in [3.63, 3.8) is 0 Å². The fraction of sp³-hybridized carbons (Fsp3) is 0.0625. The van der Waals surface area contributed by atoms with Gasteiger partial charge in [0, 0.05) is 27.2 Å². The highest BCUT2D eigenvalue weighted by Gasteiger charge is 2.11. The predicted octanol–water partition coefficient (Wildman–Crippen LogP) is 5.48.